The molecule has 5 rings (SSSR count). The molecule has 0 spiro atoms. The third-order valence-electron chi connectivity index (χ3n) is 6.57. The van der Waals surface area contributed by atoms with Crippen molar-refractivity contribution in [1.29, 1.82) is 0 Å². The van der Waals surface area contributed by atoms with Crippen LogP contribution in [0, 0.1) is 0 Å². The Bertz CT molecular complexity index is 1150. The van der Waals surface area contributed by atoms with Gasteiger partial charge in [0.05, 0.1) is 12.7 Å². The lowest BCUT2D eigenvalue weighted by molar-refractivity contribution is -0.0441. The van der Waals surface area contributed by atoms with Crippen LogP contribution in [-0.4, -0.2) is 73.2 Å². The van der Waals surface area contributed by atoms with Gasteiger partial charge in [0.15, 0.2) is 17.0 Å². The number of aromatic hydroxyl groups is 1. The molecular weight excluding hydrogens is 435 g/mol. The molecular formula is C21H23FN6O3S. The number of methoxy groups -OCH3 is 1. The van der Waals surface area contributed by atoms with Gasteiger partial charge in [-0.25, -0.2) is 9.37 Å². The maximum atomic E-state index is 15.0. The molecule has 0 radical (unpaired) electrons. The Morgan fingerprint density at radius 3 is 2.91 bits per heavy atom. The van der Waals surface area contributed by atoms with Crippen molar-refractivity contribution in [3.05, 3.63) is 24.5 Å². The molecule has 1 N–H and O–H groups in total. The summed E-state index contributed by atoms with van der Waals surface area (Å²) in [6.07, 6.45) is 2.11. The van der Waals surface area contributed by atoms with E-state index in [4.69, 9.17) is 9.47 Å². The summed E-state index contributed by atoms with van der Waals surface area (Å²) in [6.45, 7) is 2.16. The average Bonchev–Trinajstić information content (AvgIpc) is 3.33. The molecule has 2 aliphatic heterocycles. The predicted molar refractivity (Wildman–Crippen MR) is 116 cm³/mol. The summed E-state index contributed by atoms with van der Waals surface area (Å²) in [4.78, 5) is 14.3. The number of nitrogens with zero attached hydrogens (tertiary/aromatic N) is 6. The molecule has 32 heavy (non-hydrogen) atoms. The third kappa shape index (κ3) is 3.55. The minimum absolute atomic E-state index is 0.00204. The minimum atomic E-state index is -1.08. The van der Waals surface area contributed by atoms with Gasteiger partial charge in [-0.1, -0.05) is 22.5 Å². The van der Waals surface area contributed by atoms with Gasteiger partial charge >= 0.3 is 6.01 Å². The Balaban J connectivity index is 1.35. The molecule has 2 aromatic heterocycles. The molecule has 2 bridgehead atoms. The summed E-state index contributed by atoms with van der Waals surface area (Å²) in [7, 11) is 3.46. The second-order valence-corrected chi connectivity index (χ2v) is 9.36. The summed E-state index contributed by atoms with van der Waals surface area (Å²) in [6, 6.07) is 5.07. The maximum absolute atomic E-state index is 15.0. The van der Waals surface area contributed by atoms with Crippen molar-refractivity contribution < 1.29 is 19.0 Å². The molecule has 0 amide bonds. The zero-order valence-electron chi connectivity index (χ0n) is 17.9. The molecule has 0 unspecified atom stereocenters. The highest BCUT2D eigenvalue weighted by atomic mass is 32.1. The molecule has 168 valence electrons. The highest BCUT2D eigenvalue weighted by molar-refractivity contribution is 7.16. The number of alkyl halides is 1. The lowest BCUT2D eigenvalue weighted by Crippen LogP contribution is -2.57. The Morgan fingerprint density at radius 1 is 1.28 bits per heavy atom. The van der Waals surface area contributed by atoms with Gasteiger partial charge in [-0.05, 0) is 38.9 Å². The Kier molecular flexibility index (Phi) is 5.17. The molecule has 2 fully saturated rings. The highest BCUT2D eigenvalue weighted by Crippen LogP contribution is 2.45. The predicted octanol–water partition coefficient (Wildman–Crippen LogP) is 3.11. The molecule has 2 saturated heterocycles. The van der Waals surface area contributed by atoms with Crippen molar-refractivity contribution in [2.45, 2.75) is 50.0 Å². The standard InChI is InChI=1S/C21H23FN6O3S/c1-21-7-6-13(28(21)2)16(22)15(9-21)31-20-27-26-18(32-20)12-5-4-11(8-14(12)29)17-23-10-24-19(25-17)30-3/h4-5,8,10,13,15-16,29H,6-7,9H2,1-3H3/t13-,15+,16-,21+/m1/s1. The molecule has 2 aliphatic rings. The first-order chi connectivity index (χ1) is 15.4. The number of benzene rings is 1. The van der Waals surface area contributed by atoms with E-state index in [-0.39, 0.29) is 23.3 Å². The fourth-order valence-electron chi connectivity index (χ4n) is 4.61. The zero-order chi connectivity index (χ0) is 22.5. The number of ether oxygens (including phenoxy) is 2. The SMILES string of the molecule is COc1ncnc(-c2ccc(-c3nnc(O[C@H]4C[C@]5(C)CC[C@H]([C@H]4F)N5C)s3)c(O)c2)n1. The lowest BCUT2D eigenvalue weighted by Gasteiger charge is -2.44. The van der Waals surface area contributed by atoms with Crippen LogP contribution < -0.4 is 9.47 Å². The van der Waals surface area contributed by atoms with Gasteiger partial charge in [-0.3, -0.25) is 4.90 Å². The Hall–Kier alpha value is -2.92. The van der Waals surface area contributed by atoms with E-state index in [0.717, 1.165) is 12.8 Å². The molecule has 4 heterocycles. The van der Waals surface area contributed by atoms with Gasteiger partial charge in [-0.2, -0.15) is 9.97 Å². The number of phenolic OH excluding ortho intramolecular Hbond substituents is 1. The average molecular weight is 459 g/mol. The van der Waals surface area contributed by atoms with Crippen molar-refractivity contribution in [2.75, 3.05) is 14.2 Å². The number of hydrogen-bond acceptors (Lipinski definition) is 10. The fraction of sp³-hybridized carbons (Fsp3) is 0.476. The number of phenols is 1. The van der Waals surface area contributed by atoms with E-state index in [1.54, 1.807) is 18.2 Å². The summed E-state index contributed by atoms with van der Waals surface area (Å²) in [5.74, 6) is 0.372. The van der Waals surface area contributed by atoms with Gasteiger partial charge in [0, 0.05) is 23.6 Å². The first-order valence-corrected chi connectivity index (χ1v) is 11.1. The topological polar surface area (TPSA) is 106 Å². The first-order valence-electron chi connectivity index (χ1n) is 10.3. The van der Waals surface area contributed by atoms with E-state index in [9.17, 15) is 5.11 Å². The molecule has 3 aromatic rings. The minimum Gasteiger partial charge on any atom is -0.507 e. The van der Waals surface area contributed by atoms with Gasteiger partial charge in [0.1, 0.15) is 18.2 Å². The van der Waals surface area contributed by atoms with Crippen molar-refractivity contribution in [2.24, 2.45) is 0 Å². The van der Waals surface area contributed by atoms with Crippen LogP contribution in [0.5, 0.6) is 17.0 Å². The van der Waals surface area contributed by atoms with Gasteiger partial charge in [0.2, 0.25) is 0 Å². The van der Waals surface area contributed by atoms with Gasteiger partial charge in [0.25, 0.3) is 5.19 Å². The third-order valence-corrected chi connectivity index (χ3v) is 7.42. The van der Waals surface area contributed by atoms with Crippen LogP contribution >= 0.6 is 11.3 Å². The van der Waals surface area contributed by atoms with Crippen molar-refractivity contribution >= 4 is 11.3 Å². The van der Waals surface area contributed by atoms with E-state index >= 15 is 4.39 Å². The number of piperidine rings is 1. The van der Waals surface area contributed by atoms with E-state index in [0.29, 0.717) is 33.6 Å². The van der Waals surface area contributed by atoms with Crippen molar-refractivity contribution in [1.82, 2.24) is 30.0 Å². The maximum Gasteiger partial charge on any atom is 0.319 e. The van der Waals surface area contributed by atoms with Crippen LogP contribution in [0.4, 0.5) is 4.39 Å². The smallest absolute Gasteiger partial charge is 0.319 e. The normalized spacial score (nSPS) is 27.4. The second-order valence-electron chi connectivity index (χ2n) is 8.42. The molecule has 0 aliphatic carbocycles. The van der Waals surface area contributed by atoms with Gasteiger partial charge < -0.3 is 14.6 Å². The summed E-state index contributed by atoms with van der Waals surface area (Å²) < 4.78 is 26.0. The first kappa shape index (κ1) is 21.0. The quantitative estimate of drug-likeness (QED) is 0.617. The van der Waals surface area contributed by atoms with Crippen LogP contribution in [0.25, 0.3) is 22.0 Å². The van der Waals surface area contributed by atoms with Gasteiger partial charge in [-0.15, -0.1) is 5.10 Å². The van der Waals surface area contributed by atoms with E-state index < -0.39 is 12.3 Å². The summed E-state index contributed by atoms with van der Waals surface area (Å²) in [5.41, 5.74) is 1.04. The van der Waals surface area contributed by atoms with E-state index in [1.165, 1.54) is 24.8 Å². The summed E-state index contributed by atoms with van der Waals surface area (Å²) >= 11 is 1.18. The molecule has 4 atom stereocenters. The van der Waals surface area contributed by atoms with Crippen LogP contribution in [0.2, 0.25) is 0 Å². The number of rotatable bonds is 5. The molecule has 1 aromatic carbocycles. The summed E-state index contributed by atoms with van der Waals surface area (Å²) in [5, 5.41) is 19.6. The molecule has 9 nitrogen and oxygen atoms in total. The largest absolute Gasteiger partial charge is 0.507 e. The van der Waals surface area contributed by atoms with Crippen LogP contribution in [0.3, 0.4) is 0 Å². The number of aromatic nitrogens is 5. The monoisotopic (exact) mass is 458 g/mol. The van der Waals surface area contributed by atoms with Crippen LogP contribution in [-0.2, 0) is 0 Å². The molecule has 0 saturated carbocycles. The van der Waals surface area contributed by atoms with Crippen molar-refractivity contribution in [3.8, 4) is 38.9 Å². The second kappa shape index (κ2) is 7.89. The highest BCUT2D eigenvalue weighted by Gasteiger charge is 2.53. The molecule has 11 heteroatoms. The Morgan fingerprint density at radius 2 is 2.12 bits per heavy atom. The number of fused-ring (bicyclic) bond motifs is 2. The van der Waals surface area contributed by atoms with E-state index in [1.807, 2.05) is 7.05 Å². The number of hydrogen-bond donors (Lipinski definition) is 1. The van der Waals surface area contributed by atoms with Crippen molar-refractivity contribution in [3.63, 3.8) is 0 Å². The number of halogens is 1. The van der Waals surface area contributed by atoms with Crippen LogP contribution in [0.15, 0.2) is 24.5 Å². The van der Waals surface area contributed by atoms with Crippen LogP contribution in [0.1, 0.15) is 26.2 Å². The fourth-order valence-corrected chi connectivity index (χ4v) is 5.40. The zero-order valence-corrected chi connectivity index (χ0v) is 18.7. The Labute approximate surface area is 188 Å². The van der Waals surface area contributed by atoms with E-state index in [2.05, 4.69) is 37.0 Å². The lowest BCUT2D eigenvalue weighted by atomic mass is 9.88.